The number of hydrogen-bond acceptors (Lipinski definition) is 2. The highest BCUT2D eigenvalue weighted by Crippen LogP contribution is 2.41. The Labute approximate surface area is 144 Å². The first kappa shape index (κ1) is 15.2. The minimum Gasteiger partial charge on any atom is -0.303 e. The van der Waals surface area contributed by atoms with E-state index in [1.807, 2.05) is 48.5 Å². The van der Waals surface area contributed by atoms with Crippen molar-refractivity contribution in [2.24, 2.45) is 0 Å². The third-order valence-corrected chi connectivity index (χ3v) is 4.58. The molecule has 1 aliphatic rings. The summed E-state index contributed by atoms with van der Waals surface area (Å²) in [6.07, 6.45) is 0.657. The van der Waals surface area contributed by atoms with Crippen molar-refractivity contribution in [2.45, 2.75) is 6.54 Å². The van der Waals surface area contributed by atoms with Crippen LogP contribution in [0.2, 0.25) is 0 Å². The highest BCUT2D eigenvalue weighted by molar-refractivity contribution is 9.12. The van der Waals surface area contributed by atoms with Crippen LogP contribution in [-0.2, 0) is 16.1 Å². The molecule has 0 bridgehead atoms. The van der Waals surface area contributed by atoms with Crippen molar-refractivity contribution in [3.05, 3.63) is 68.6 Å². The zero-order valence-electron chi connectivity index (χ0n) is 11.4. The first-order valence-electron chi connectivity index (χ1n) is 6.62. The van der Waals surface area contributed by atoms with E-state index < -0.39 is 0 Å². The second-order valence-electron chi connectivity index (χ2n) is 4.88. The summed E-state index contributed by atoms with van der Waals surface area (Å²) in [4.78, 5) is 25.5. The van der Waals surface area contributed by atoms with Gasteiger partial charge in [0, 0.05) is 10.0 Å². The molecule has 5 heteroatoms. The van der Waals surface area contributed by atoms with Crippen molar-refractivity contribution >= 4 is 55.3 Å². The Morgan fingerprint density at radius 1 is 1.14 bits per heavy atom. The highest BCUT2D eigenvalue weighted by Gasteiger charge is 2.34. The number of hydrogen-bond donors (Lipinski definition) is 0. The largest absolute Gasteiger partial charge is 0.303 e. The van der Waals surface area contributed by atoms with Crippen molar-refractivity contribution in [1.82, 2.24) is 0 Å². The van der Waals surface area contributed by atoms with Gasteiger partial charge in [-0.15, -0.1) is 0 Å². The third-order valence-electron chi connectivity index (χ3n) is 3.50. The molecule has 1 aliphatic heterocycles. The van der Waals surface area contributed by atoms with E-state index in [9.17, 15) is 9.59 Å². The van der Waals surface area contributed by atoms with Gasteiger partial charge in [0.15, 0.2) is 6.29 Å². The summed E-state index contributed by atoms with van der Waals surface area (Å²) < 4.78 is 1.14. The SMILES string of the molecule is O=C/C(Br)=C1\C(=O)N(Cc2ccccc2)c2ccc(Br)cc21. The Kier molecular flexibility index (Phi) is 4.27. The van der Waals surface area contributed by atoms with Crippen LogP contribution in [-0.4, -0.2) is 12.2 Å². The van der Waals surface area contributed by atoms with E-state index in [-0.39, 0.29) is 10.4 Å². The van der Waals surface area contributed by atoms with E-state index in [1.54, 1.807) is 4.90 Å². The molecule has 110 valence electrons. The number of rotatable bonds is 3. The highest BCUT2D eigenvalue weighted by atomic mass is 79.9. The second kappa shape index (κ2) is 6.18. The number of aldehydes is 1. The Bertz CT molecular complexity index is 785. The number of benzene rings is 2. The van der Waals surface area contributed by atoms with Gasteiger partial charge in [0.05, 0.1) is 22.3 Å². The Morgan fingerprint density at radius 3 is 2.55 bits per heavy atom. The molecule has 2 aromatic carbocycles. The van der Waals surface area contributed by atoms with Gasteiger partial charge in [-0.25, -0.2) is 0 Å². The molecule has 0 radical (unpaired) electrons. The molecule has 0 aliphatic carbocycles. The molecule has 22 heavy (non-hydrogen) atoms. The molecule has 3 rings (SSSR count). The minimum absolute atomic E-state index is 0.170. The molecule has 2 aromatic rings. The molecular formula is C17H11Br2NO2. The van der Waals surface area contributed by atoms with Crippen LogP contribution < -0.4 is 4.90 Å². The molecule has 3 nitrogen and oxygen atoms in total. The maximum Gasteiger partial charge on any atom is 0.260 e. The van der Waals surface area contributed by atoms with Crippen LogP contribution in [0.5, 0.6) is 0 Å². The van der Waals surface area contributed by atoms with E-state index >= 15 is 0 Å². The number of anilines is 1. The summed E-state index contributed by atoms with van der Waals surface area (Å²) in [7, 11) is 0. The molecule has 0 N–H and O–H groups in total. The van der Waals surface area contributed by atoms with Gasteiger partial charge in [0.2, 0.25) is 0 Å². The summed E-state index contributed by atoms with van der Waals surface area (Å²) in [5.41, 5.74) is 3.01. The van der Waals surface area contributed by atoms with Crippen molar-refractivity contribution in [1.29, 1.82) is 0 Å². The van der Waals surface area contributed by atoms with Crippen LogP contribution in [0.3, 0.4) is 0 Å². The smallest absolute Gasteiger partial charge is 0.260 e. The lowest BCUT2D eigenvalue weighted by Crippen LogP contribution is -2.25. The number of allylic oxidation sites excluding steroid dienone is 1. The summed E-state index contributed by atoms with van der Waals surface area (Å²) >= 11 is 6.61. The molecule has 1 heterocycles. The van der Waals surface area contributed by atoms with Crippen LogP contribution in [0.4, 0.5) is 5.69 Å². The van der Waals surface area contributed by atoms with Crippen molar-refractivity contribution in [2.75, 3.05) is 4.90 Å². The predicted molar refractivity (Wildman–Crippen MR) is 93.7 cm³/mol. The standard InChI is InChI=1S/C17H11Br2NO2/c18-12-6-7-15-13(8-12)16(14(19)10-21)17(22)20(15)9-11-4-2-1-3-5-11/h1-8,10H,9H2/b16-14+. The summed E-state index contributed by atoms with van der Waals surface area (Å²) in [6, 6.07) is 15.4. The third kappa shape index (κ3) is 2.66. The zero-order chi connectivity index (χ0) is 15.7. The molecule has 0 aromatic heterocycles. The maximum absolute atomic E-state index is 12.7. The molecular weight excluding hydrogens is 410 g/mol. The molecule has 0 spiro atoms. The Balaban J connectivity index is 2.10. The number of halogens is 2. The van der Waals surface area contributed by atoms with E-state index in [0.717, 1.165) is 21.3 Å². The van der Waals surface area contributed by atoms with Crippen molar-refractivity contribution < 1.29 is 9.59 Å². The Morgan fingerprint density at radius 2 is 1.86 bits per heavy atom. The van der Waals surface area contributed by atoms with Crippen LogP contribution in [0.15, 0.2) is 57.5 Å². The zero-order valence-corrected chi connectivity index (χ0v) is 14.6. The van der Waals surface area contributed by atoms with E-state index in [0.29, 0.717) is 18.4 Å². The van der Waals surface area contributed by atoms with Crippen LogP contribution in [0.25, 0.3) is 5.57 Å². The summed E-state index contributed by atoms with van der Waals surface area (Å²) in [5.74, 6) is -0.170. The fraction of sp³-hybridized carbons (Fsp3) is 0.0588. The van der Waals surface area contributed by atoms with E-state index in [2.05, 4.69) is 31.9 Å². The van der Waals surface area contributed by atoms with Gasteiger partial charge in [-0.3, -0.25) is 9.59 Å². The fourth-order valence-corrected chi connectivity index (χ4v) is 3.26. The van der Waals surface area contributed by atoms with Crippen molar-refractivity contribution in [3.63, 3.8) is 0 Å². The first-order valence-corrected chi connectivity index (χ1v) is 8.21. The van der Waals surface area contributed by atoms with E-state index in [4.69, 9.17) is 0 Å². The lowest BCUT2D eigenvalue weighted by atomic mass is 10.1. The van der Waals surface area contributed by atoms with Gasteiger partial charge in [0.1, 0.15) is 0 Å². The van der Waals surface area contributed by atoms with Gasteiger partial charge in [0.25, 0.3) is 5.91 Å². The number of amides is 1. The van der Waals surface area contributed by atoms with Crippen LogP contribution in [0.1, 0.15) is 11.1 Å². The van der Waals surface area contributed by atoms with Crippen molar-refractivity contribution in [3.8, 4) is 0 Å². The molecule has 0 saturated carbocycles. The minimum atomic E-state index is -0.170. The molecule has 0 unspecified atom stereocenters. The summed E-state index contributed by atoms with van der Waals surface area (Å²) in [5, 5.41) is 0. The van der Waals surface area contributed by atoms with Gasteiger partial charge >= 0.3 is 0 Å². The average molecular weight is 421 g/mol. The van der Waals surface area contributed by atoms with Crippen LogP contribution in [0, 0.1) is 0 Å². The van der Waals surface area contributed by atoms with Gasteiger partial charge in [-0.05, 0) is 39.7 Å². The van der Waals surface area contributed by atoms with Gasteiger partial charge in [-0.1, -0.05) is 46.3 Å². The lowest BCUT2D eigenvalue weighted by molar-refractivity contribution is -0.113. The molecule has 1 amide bonds. The maximum atomic E-state index is 12.7. The van der Waals surface area contributed by atoms with Crippen LogP contribution >= 0.6 is 31.9 Å². The Hall–Kier alpha value is -1.72. The predicted octanol–water partition coefficient (Wildman–Crippen LogP) is 4.30. The monoisotopic (exact) mass is 419 g/mol. The quantitative estimate of drug-likeness (QED) is 0.548. The first-order chi connectivity index (χ1) is 10.6. The summed E-state index contributed by atoms with van der Waals surface area (Å²) in [6.45, 7) is 0.469. The second-order valence-corrected chi connectivity index (χ2v) is 6.65. The number of nitrogens with zero attached hydrogens (tertiary/aromatic N) is 1. The van der Waals surface area contributed by atoms with Gasteiger partial charge < -0.3 is 4.90 Å². The topological polar surface area (TPSA) is 37.4 Å². The lowest BCUT2D eigenvalue weighted by Gasteiger charge is -2.17. The fourth-order valence-electron chi connectivity index (χ4n) is 2.52. The number of carbonyl (C=O) groups is 2. The normalized spacial score (nSPS) is 15.7. The van der Waals surface area contributed by atoms with Gasteiger partial charge in [-0.2, -0.15) is 0 Å². The van der Waals surface area contributed by atoms with E-state index in [1.165, 1.54) is 0 Å². The molecule has 0 saturated heterocycles. The average Bonchev–Trinajstić information content (AvgIpc) is 2.79. The molecule has 0 fully saturated rings. The number of fused-ring (bicyclic) bond motifs is 1. The number of carbonyl (C=O) groups excluding carboxylic acids is 2. The molecule has 0 atom stereocenters.